The van der Waals surface area contributed by atoms with Crippen LogP contribution in [0, 0.1) is 5.82 Å². The SMILES string of the molecule is CNC(=O)CCNc1ccc(F)c(Cl)c1. The molecule has 0 spiro atoms. The van der Waals surface area contributed by atoms with Crippen molar-refractivity contribution in [2.24, 2.45) is 0 Å². The summed E-state index contributed by atoms with van der Waals surface area (Å²) in [6, 6.07) is 4.34. The van der Waals surface area contributed by atoms with E-state index in [4.69, 9.17) is 11.6 Å². The minimum atomic E-state index is -0.450. The molecule has 0 bridgehead atoms. The van der Waals surface area contributed by atoms with Gasteiger partial charge in [0.05, 0.1) is 5.02 Å². The van der Waals surface area contributed by atoms with Crippen LogP contribution >= 0.6 is 11.6 Å². The van der Waals surface area contributed by atoms with Gasteiger partial charge in [-0.1, -0.05) is 11.6 Å². The van der Waals surface area contributed by atoms with Crippen LogP contribution in [0.4, 0.5) is 10.1 Å². The fourth-order valence-electron chi connectivity index (χ4n) is 1.05. The number of hydrogen-bond donors (Lipinski definition) is 2. The van der Waals surface area contributed by atoms with Crippen LogP contribution in [0.25, 0.3) is 0 Å². The highest BCUT2D eigenvalue weighted by atomic mass is 35.5. The first kappa shape index (κ1) is 11.8. The average molecular weight is 231 g/mol. The van der Waals surface area contributed by atoms with Crippen molar-refractivity contribution < 1.29 is 9.18 Å². The molecular formula is C10H12ClFN2O. The second-order valence-corrected chi connectivity index (χ2v) is 3.39. The molecule has 1 aromatic carbocycles. The van der Waals surface area contributed by atoms with Crippen LogP contribution in [0.5, 0.6) is 0 Å². The molecule has 1 rings (SSSR count). The monoisotopic (exact) mass is 230 g/mol. The number of rotatable bonds is 4. The van der Waals surface area contributed by atoms with Crippen molar-refractivity contribution in [2.75, 3.05) is 18.9 Å². The Bertz CT molecular complexity index is 357. The Labute approximate surface area is 92.6 Å². The molecule has 0 saturated carbocycles. The van der Waals surface area contributed by atoms with Crippen LogP contribution in [-0.2, 0) is 4.79 Å². The zero-order valence-electron chi connectivity index (χ0n) is 8.31. The Balaban J connectivity index is 2.44. The van der Waals surface area contributed by atoms with Crippen molar-refractivity contribution in [3.8, 4) is 0 Å². The zero-order valence-corrected chi connectivity index (χ0v) is 9.07. The summed E-state index contributed by atoms with van der Waals surface area (Å²) >= 11 is 5.59. The summed E-state index contributed by atoms with van der Waals surface area (Å²) in [5.41, 5.74) is 0.699. The van der Waals surface area contributed by atoms with Crippen LogP contribution in [0.3, 0.4) is 0 Å². The summed E-state index contributed by atoms with van der Waals surface area (Å²) in [5.74, 6) is -0.496. The van der Waals surface area contributed by atoms with E-state index in [0.29, 0.717) is 18.7 Å². The molecule has 0 radical (unpaired) electrons. The lowest BCUT2D eigenvalue weighted by molar-refractivity contribution is -0.120. The molecule has 2 N–H and O–H groups in total. The first-order valence-electron chi connectivity index (χ1n) is 4.53. The topological polar surface area (TPSA) is 41.1 Å². The highest BCUT2D eigenvalue weighted by molar-refractivity contribution is 6.31. The van der Waals surface area contributed by atoms with E-state index >= 15 is 0 Å². The molecule has 0 aromatic heterocycles. The lowest BCUT2D eigenvalue weighted by atomic mass is 10.3. The quantitative estimate of drug-likeness (QED) is 0.831. The van der Waals surface area contributed by atoms with E-state index in [1.165, 1.54) is 12.1 Å². The molecule has 82 valence electrons. The summed E-state index contributed by atoms with van der Waals surface area (Å²) in [4.78, 5) is 10.9. The molecule has 0 unspecified atom stereocenters. The first-order valence-corrected chi connectivity index (χ1v) is 4.91. The molecule has 0 aliphatic rings. The number of anilines is 1. The van der Waals surface area contributed by atoms with Crippen molar-refractivity contribution in [2.45, 2.75) is 6.42 Å². The molecule has 0 aliphatic heterocycles. The van der Waals surface area contributed by atoms with Gasteiger partial charge < -0.3 is 10.6 Å². The third-order valence-electron chi connectivity index (χ3n) is 1.88. The van der Waals surface area contributed by atoms with Gasteiger partial charge in [-0.3, -0.25) is 4.79 Å². The number of benzene rings is 1. The van der Waals surface area contributed by atoms with Crippen molar-refractivity contribution in [3.05, 3.63) is 29.0 Å². The molecule has 5 heteroatoms. The number of amides is 1. The molecular weight excluding hydrogens is 219 g/mol. The van der Waals surface area contributed by atoms with E-state index in [-0.39, 0.29) is 10.9 Å². The fourth-order valence-corrected chi connectivity index (χ4v) is 1.23. The van der Waals surface area contributed by atoms with E-state index < -0.39 is 5.82 Å². The summed E-state index contributed by atoms with van der Waals surface area (Å²) in [6.45, 7) is 0.488. The van der Waals surface area contributed by atoms with E-state index in [9.17, 15) is 9.18 Å². The largest absolute Gasteiger partial charge is 0.384 e. The van der Waals surface area contributed by atoms with Gasteiger partial charge in [-0.05, 0) is 18.2 Å². The van der Waals surface area contributed by atoms with Crippen LogP contribution in [-0.4, -0.2) is 19.5 Å². The number of hydrogen-bond acceptors (Lipinski definition) is 2. The van der Waals surface area contributed by atoms with Crippen LogP contribution in [0.15, 0.2) is 18.2 Å². The normalized spacial score (nSPS) is 9.80. The maximum absolute atomic E-state index is 12.8. The minimum absolute atomic E-state index is 0.0456. The van der Waals surface area contributed by atoms with E-state index in [1.807, 2.05) is 0 Å². The van der Waals surface area contributed by atoms with E-state index in [1.54, 1.807) is 13.1 Å². The van der Waals surface area contributed by atoms with Gasteiger partial charge in [-0.2, -0.15) is 0 Å². The number of carbonyl (C=O) groups is 1. The fraction of sp³-hybridized carbons (Fsp3) is 0.300. The van der Waals surface area contributed by atoms with Crippen LogP contribution in [0.1, 0.15) is 6.42 Å². The molecule has 1 amide bonds. The predicted molar refractivity (Wildman–Crippen MR) is 58.6 cm³/mol. The third-order valence-corrected chi connectivity index (χ3v) is 2.17. The minimum Gasteiger partial charge on any atom is -0.384 e. The number of nitrogens with one attached hydrogen (secondary N) is 2. The van der Waals surface area contributed by atoms with Crippen molar-refractivity contribution in [1.82, 2.24) is 5.32 Å². The maximum Gasteiger partial charge on any atom is 0.221 e. The smallest absolute Gasteiger partial charge is 0.221 e. The molecule has 0 saturated heterocycles. The molecule has 0 fully saturated rings. The van der Waals surface area contributed by atoms with E-state index in [0.717, 1.165) is 0 Å². The van der Waals surface area contributed by atoms with Gasteiger partial charge in [0.15, 0.2) is 0 Å². The molecule has 0 heterocycles. The van der Waals surface area contributed by atoms with Gasteiger partial charge in [0.2, 0.25) is 5.91 Å². The van der Waals surface area contributed by atoms with E-state index in [2.05, 4.69) is 10.6 Å². The van der Waals surface area contributed by atoms with Crippen LogP contribution < -0.4 is 10.6 Å². The lowest BCUT2D eigenvalue weighted by Crippen LogP contribution is -2.20. The van der Waals surface area contributed by atoms with Gasteiger partial charge in [0.25, 0.3) is 0 Å². The molecule has 3 nitrogen and oxygen atoms in total. The zero-order chi connectivity index (χ0) is 11.3. The van der Waals surface area contributed by atoms with Gasteiger partial charge in [-0.15, -0.1) is 0 Å². The molecule has 1 aromatic rings. The van der Waals surface area contributed by atoms with Gasteiger partial charge >= 0.3 is 0 Å². The van der Waals surface area contributed by atoms with Gasteiger partial charge in [-0.25, -0.2) is 4.39 Å². The lowest BCUT2D eigenvalue weighted by Gasteiger charge is -2.06. The number of carbonyl (C=O) groups excluding carboxylic acids is 1. The number of halogens is 2. The van der Waals surface area contributed by atoms with Gasteiger partial charge in [0, 0.05) is 25.7 Å². The Kier molecular flexibility index (Phi) is 4.37. The third kappa shape index (κ3) is 3.75. The highest BCUT2D eigenvalue weighted by Gasteiger charge is 2.01. The van der Waals surface area contributed by atoms with Gasteiger partial charge in [0.1, 0.15) is 5.82 Å². The molecule has 0 aliphatic carbocycles. The maximum atomic E-state index is 12.8. The van der Waals surface area contributed by atoms with Crippen LogP contribution in [0.2, 0.25) is 5.02 Å². The summed E-state index contributed by atoms with van der Waals surface area (Å²) in [5, 5.41) is 5.54. The average Bonchev–Trinajstić information content (AvgIpc) is 2.23. The Hall–Kier alpha value is -1.29. The Morgan fingerprint density at radius 3 is 2.87 bits per heavy atom. The summed E-state index contributed by atoms with van der Waals surface area (Å²) in [7, 11) is 1.58. The standard InChI is InChI=1S/C10H12ClFN2O/c1-13-10(15)4-5-14-7-2-3-9(12)8(11)6-7/h2-3,6,14H,4-5H2,1H3,(H,13,15). The Morgan fingerprint density at radius 2 is 2.27 bits per heavy atom. The highest BCUT2D eigenvalue weighted by Crippen LogP contribution is 2.19. The second-order valence-electron chi connectivity index (χ2n) is 2.98. The predicted octanol–water partition coefficient (Wildman–Crippen LogP) is 2.03. The summed E-state index contributed by atoms with van der Waals surface area (Å²) in [6.07, 6.45) is 0.367. The summed E-state index contributed by atoms with van der Waals surface area (Å²) < 4.78 is 12.8. The van der Waals surface area contributed by atoms with Crippen molar-refractivity contribution >= 4 is 23.2 Å². The molecule has 0 atom stereocenters. The Morgan fingerprint density at radius 1 is 1.53 bits per heavy atom. The van der Waals surface area contributed by atoms with Crippen molar-refractivity contribution in [3.63, 3.8) is 0 Å². The van der Waals surface area contributed by atoms with Crippen molar-refractivity contribution in [1.29, 1.82) is 0 Å². The first-order chi connectivity index (χ1) is 7.13. The second kappa shape index (κ2) is 5.56. The molecule has 15 heavy (non-hydrogen) atoms.